The van der Waals surface area contributed by atoms with E-state index < -0.39 is 0 Å². The van der Waals surface area contributed by atoms with Gasteiger partial charge in [0.05, 0.1) is 6.54 Å². The SMILES string of the molecule is CC(C)NC(=O)CN(C)CC1CCCN1. The maximum Gasteiger partial charge on any atom is 0.234 e. The summed E-state index contributed by atoms with van der Waals surface area (Å²) in [6.07, 6.45) is 2.49. The lowest BCUT2D eigenvalue weighted by Gasteiger charge is -2.21. The van der Waals surface area contributed by atoms with Crippen molar-refractivity contribution in [3.8, 4) is 0 Å². The van der Waals surface area contributed by atoms with E-state index in [9.17, 15) is 4.79 Å². The molecule has 0 bridgehead atoms. The zero-order valence-corrected chi connectivity index (χ0v) is 10.0. The zero-order chi connectivity index (χ0) is 11.3. The molecule has 1 saturated heterocycles. The molecule has 1 aliphatic rings. The van der Waals surface area contributed by atoms with Crippen molar-refractivity contribution in [3.05, 3.63) is 0 Å². The molecule has 1 atom stereocenters. The number of amides is 1. The molecule has 0 saturated carbocycles. The number of nitrogens with one attached hydrogen (secondary N) is 2. The molecule has 1 fully saturated rings. The Kier molecular flexibility index (Phi) is 5.05. The van der Waals surface area contributed by atoms with Crippen LogP contribution in [0.5, 0.6) is 0 Å². The van der Waals surface area contributed by atoms with Gasteiger partial charge in [-0.25, -0.2) is 0 Å². The molecule has 1 heterocycles. The van der Waals surface area contributed by atoms with E-state index in [1.807, 2.05) is 20.9 Å². The fourth-order valence-corrected chi connectivity index (χ4v) is 1.97. The highest BCUT2D eigenvalue weighted by atomic mass is 16.2. The Hall–Kier alpha value is -0.610. The van der Waals surface area contributed by atoms with Crippen molar-refractivity contribution < 1.29 is 4.79 Å². The van der Waals surface area contributed by atoms with Crippen molar-refractivity contribution in [3.63, 3.8) is 0 Å². The van der Waals surface area contributed by atoms with Crippen LogP contribution in [0.4, 0.5) is 0 Å². The fraction of sp³-hybridized carbons (Fsp3) is 0.909. The number of hydrogen-bond acceptors (Lipinski definition) is 3. The highest BCUT2D eigenvalue weighted by Gasteiger charge is 2.17. The molecule has 1 unspecified atom stereocenters. The fourth-order valence-electron chi connectivity index (χ4n) is 1.97. The molecule has 0 aromatic heterocycles. The molecule has 0 aromatic carbocycles. The average Bonchev–Trinajstić information content (AvgIpc) is 2.53. The van der Waals surface area contributed by atoms with Gasteiger partial charge >= 0.3 is 0 Å². The van der Waals surface area contributed by atoms with Crippen molar-refractivity contribution in [2.75, 3.05) is 26.7 Å². The summed E-state index contributed by atoms with van der Waals surface area (Å²) < 4.78 is 0. The Labute approximate surface area is 92.4 Å². The third-order valence-electron chi connectivity index (χ3n) is 2.56. The van der Waals surface area contributed by atoms with Crippen molar-refractivity contribution in [2.45, 2.75) is 38.8 Å². The van der Waals surface area contributed by atoms with Crippen LogP contribution in [0.1, 0.15) is 26.7 Å². The van der Waals surface area contributed by atoms with E-state index >= 15 is 0 Å². The number of nitrogens with zero attached hydrogens (tertiary/aromatic N) is 1. The first-order valence-electron chi connectivity index (χ1n) is 5.79. The highest BCUT2D eigenvalue weighted by molar-refractivity contribution is 5.78. The first kappa shape index (κ1) is 12.5. The van der Waals surface area contributed by atoms with Crippen LogP contribution in [-0.4, -0.2) is 49.6 Å². The Morgan fingerprint density at radius 1 is 1.60 bits per heavy atom. The summed E-state index contributed by atoms with van der Waals surface area (Å²) in [4.78, 5) is 13.5. The van der Waals surface area contributed by atoms with Gasteiger partial charge < -0.3 is 10.6 Å². The van der Waals surface area contributed by atoms with Gasteiger partial charge in [0.1, 0.15) is 0 Å². The molecule has 4 heteroatoms. The maximum atomic E-state index is 11.5. The molecular weight excluding hydrogens is 190 g/mol. The van der Waals surface area contributed by atoms with E-state index in [0.29, 0.717) is 12.6 Å². The van der Waals surface area contributed by atoms with E-state index in [1.165, 1.54) is 12.8 Å². The summed E-state index contributed by atoms with van der Waals surface area (Å²) in [5.74, 6) is 0.116. The largest absolute Gasteiger partial charge is 0.353 e. The van der Waals surface area contributed by atoms with Crippen LogP contribution in [0.15, 0.2) is 0 Å². The molecule has 1 amide bonds. The number of likely N-dealkylation sites (N-methyl/N-ethyl adjacent to an activating group) is 1. The molecule has 0 aliphatic carbocycles. The molecule has 1 rings (SSSR count). The normalized spacial score (nSPS) is 21.3. The second-order valence-corrected chi connectivity index (χ2v) is 4.71. The summed E-state index contributed by atoms with van der Waals surface area (Å²) in [6, 6.07) is 0.803. The van der Waals surface area contributed by atoms with Crippen molar-refractivity contribution >= 4 is 5.91 Å². The van der Waals surface area contributed by atoms with Gasteiger partial charge in [-0.3, -0.25) is 9.69 Å². The number of hydrogen-bond donors (Lipinski definition) is 2. The lowest BCUT2D eigenvalue weighted by Crippen LogP contribution is -2.42. The summed E-state index contributed by atoms with van der Waals surface area (Å²) in [7, 11) is 2.00. The van der Waals surface area contributed by atoms with Gasteiger partial charge in [-0.2, -0.15) is 0 Å². The van der Waals surface area contributed by atoms with E-state index in [4.69, 9.17) is 0 Å². The molecule has 0 aromatic rings. The van der Waals surface area contributed by atoms with Crippen molar-refractivity contribution in [1.29, 1.82) is 0 Å². The number of carbonyl (C=O) groups excluding carboxylic acids is 1. The van der Waals surface area contributed by atoms with Crippen LogP contribution in [0.2, 0.25) is 0 Å². The second kappa shape index (κ2) is 6.08. The Morgan fingerprint density at radius 2 is 2.33 bits per heavy atom. The third kappa shape index (κ3) is 5.14. The monoisotopic (exact) mass is 213 g/mol. The van der Waals surface area contributed by atoms with E-state index in [0.717, 1.165) is 13.1 Å². The highest BCUT2D eigenvalue weighted by Crippen LogP contribution is 2.05. The molecule has 0 radical (unpaired) electrons. The molecule has 2 N–H and O–H groups in total. The molecule has 4 nitrogen and oxygen atoms in total. The standard InChI is InChI=1S/C11H23N3O/c1-9(2)13-11(15)8-14(3)7-10-5-4-6-12-10/h9-10,12H,4-8H2,1-3H3,(H,13,15). The van der Waals surface area contributed by atoms with Gasteiger partial charge in [-0.15, -0.1) is 0 Å². The van der Waals surface area contributed by atoms with Crippen LogP contribution in [0.25, 0.3) is 0 Å². The predicted octanol–water partition coefficient (Wildman–Crippen LogP) is 0.195. The second-order valence-electron chi connectivity index (χ2n) is 4.71. The van der Waals surface area contributed by atoms with E-state index in [-0.39, 0.29) is 11.9 Å². The van der Waals surface area contributed by atoms with Gasteiger partial charge in [0.25, 0.3) is 0 Å². The number of rotatable bonds is 5. The van der Waals surface area contributed by atoms with Crippen molar-refractivity contribution in [2.24, 2.45) is 0 Å². The van der Waals surface area contributed by atoms with Gasteiger partial charge in [0.2, 0.25) is 5.91 Å². The lowest BCUT2D eigenvalue weighted by atomic mass is 10.2. The Balaban J connectivity index is 2.16. The Bertz CT molecular complexity index is 200. The van der Waals surface area contributed by atoms with Crippen molar-refractivity contribution in [1.82, 2.24) is 15.5 Å². The summed E-state index contributed by atoms with van der Waals surface area (Å²) in [5.41, 5.74) is 0. The van der Waals surface area contributed by atoms with Crippen LogP contribution < -0.4 is 10.6 Å². The molecule has 15 heavy (non-hydrogen) atoms. The lowest BCUT2D eigenvalue weighted by molar-refractivity contribution is -0.122. The maximum absolute atomic E-state index is 11.5. The van der Waals surface area contributed by atoms with Crippen LogP contribution in [-0.2, 0) is 4.79 Å². The van der Waals surface area contributed by atoms with E-state index in [1.54, 1.807) is 0 Å². The summed E-state index contributed by atoms with van der Waals surface area (Å²) >= 11 is 0. The minimum atomic E-state index is 0.116. The zero-order valence-electron chi connectivity index (χ0n) is 10.0. The van der Waals surface area contributed by atoms with Gasteiger partial charge in [0, 0.05) is 18.6 Å². The minimum Gasteiger partial charge on any atom is -0.353 e. The summed E-state index contributed by atoms with van der Waals surface area (Å²) in [5, 5.41) is 6.33. The molecule has 88 valence electrons. The predicted molar refractivity (Wildman–Crippen MR) is 61.8 cm³/mol. The van der Waals surface area contributed by atoms with Crippen LogP contribution in [0, 0.1) is 0 Å². The van der Waals surface area contributed by atoms with Gasteiger partial charge in [-0.1, -0.05) is 0 Å². The number of carbonyl (C=O) groups is 1. The van der Waals surface area contributed by atoms with Gasteiger partial charge in [0.15, 0.2) is 0 Å². The topological polar surface area (TPSA) is 44.4 Å². The molecule has 0 spiro atoms. The minimum absolute atomic E-state index is 0.116. The molecule has 1 aliphatic heterocycles. The summed E-state index contributed by atoms with van der Waals surface area (Å²) in [6.45, 7) is 6.55. The first-order chi connectivity index (χ1) is 7.08. The van der Waals surface area contributed by atoms with E-state index in [2.05, 4.69) is 15.5 Å². The first-order valence-corrected chi connectivity index (χ1v) is 5.79. The Morgan fingerprint density at radius 3 is 2.87 bits per heavy atom. The van der Waals surface area contributed by atoms with Crippen LogP contribution >= 0.6 is 0 Å². The van der Waals surface area contributed by atoms with Crippen LogP contribution in [0.3, 0.4) is 0 Å². The third-order valence-corrected chi connectivity index (χ3v) is 2.56. The average molecular weight is 213 g/mol. The smallest absolute Gasteiger partial charge is 0.234 e. The molecular formula is C11H23N3O. The van der Waals surface area contributed by atoms with Gasteiger partial charge in [-0.05, 0) is 40.3 Å². The quantitative estimate of drug-likeness (QED) is 0.685.